The van der Waals surface area contributed by atoms with Crippen LogP contribution in [0.1, 0.15) is 25.5 Å². The molecule has 5 nitrogen and oxygen atoms in total. The second kappa shape index (κ2) is 5.56. The Hall–Kier alpha value is -1.30. The summed E-state index contributed by atoms with van der Waals surface area (Å²) >= 11 is 1.37. The van der Waals surface area contributed by atoms with Gasteiger partial charge in [-0.1, -0.05) is 11.8 Å². The normalized spacial score (nSPS) is 16.9. The van der Waals surface area contributed by atoms with Gasteiger partial charge in [0, 0.05) is 24.8 Å². The van der Waals surface area contributed by atoms with Gasteiger partial charge in [0.1, 0.15) is 5.82 Å². The van der Waals surface area contributed by atoms with E-state index in [1.54, 1.807) is 6.07 Å². The fraction of sp³-hybridized carbons (Fsp3) is 0.583. The number of likely N-dealkylation sites (tertiary alicyclic amines) is 1. The molecule has 1 amide bonds. The molecule has 1 aromatic rings. The molecule has 1 aromatic heterocycles. The van der Waals surface area contributed by atoms with Crippen LogP contribution >= 0.6 is 11.8 Å². The van der Waals surface area contributed by atoms with Crippen molar-refractivity contribution in [2.75, 3.05) is 18.8 Å². The first-order valence-corrected chi connectivity index (χ1v) is 7.01. The van der Waals surface area contributed by atoms with Gasteiger partial charge in [-0.3, -0.25) is 4.79 Å². The van der Waals surface area contributed by atoms with Crippen molar-refractivity contribution in [3.63, 3.8) is 0 Å². The molecule has 0 aliphatic carbocycles. The van der Waals surface area contributed by atoms with Gasteiger partial charge in [0.05, 0.1) is 5.25 Å². The van der Waals surface area contributed by atoms with Crippen molar-refractivity contribution in [1.82, 2.24) is 14.9 Å². The van der Waals surface area contributed by atoms with Crippen LogP contribution in [-0.2, 0) is 4.79 Å². The Labute approximate surface area is 111 Å². The van der Waals surface area contributed by atoms with E-state index in [0.29, 0.717) is 11.0 Å². The highest BCUT2D eigenvalue weighted by Crippen LogP contribution is 2.23. The van der Waals surface area contributed by atoms with Crippen LogP contribution in [0.3, 0.4) is 0 Å². The van der Waals surface area contributed by atoms with Crippen LogP contribution < -0.4 is 5.73 Å². The molecular formula is C12H18N4OS. The van der Waals surface area contributed by atoms with Crippen LogP contribution in [0.2, 0.25) is 0 Å². The number of aromatic nitrogens is 2. The number of rotatable bonds is 3. The number of carbonyl (C=O) groups is 1. The molecular weight excluding hydrogens is 248 g/mol. The second-order valence-electron chi connectivity index (χ2n) is 4.51. The zero-order valence-electron chi connectivity index (χ0n) is 10.7. The van der Waals surface area contributed by atoms with Gasteiger partial charge < -0.3 is 10.6 Å². The number of nitrogens with zero attached hydrogens (tertiary/aromatic N) is 3. The Balaban J connectivity index is 2.01. The Kier molecular flexibility index (Phi) is 4.06. The minimum Gasteiger partial charge on any atom is -0.384 e. The van der Waals surface area contributed by atoms with Crippen LogP contribution in [0.4, 0.5) is 5.82 Å². The number of hydrogen-bond acceptors (Lipinski definition) is 5. The molecule has 18 heavy (non-hydrogen) atoms. The van der Waals surface area contributed by atoms with Crippen molar-refractivity contribution in [1.29, 1.82) is 0 Å². The van der Waals surface area contributed by atoms with Crippen molar-refractivity contribution < 1.29 is 4.79 Å². The lowest BCUT2D eigenvalue weighted by Gasteiger charge is -2.19. The minimum atomic E-state index is -0.163. The second-order valence-corrected chi connectivity index (χ2v) is 5.82. The maximum atomic E-state index is 12.1. The molecule has 0 radical (unpaired) electrons. The lowest BCUT2D eigenvalue weighted by atomic mass is 10.4. The molecule has 1 aliphatic rings. The summed E-state index contributed by atoms with van der Waals surface area (Å²) in [6, 6.07) is 1.72. The molecule has 2 heterocycles. The molecule has 2 N–H and O–H groups in total. The van der Waals surface area contributed by atoms with Gasteiger partial charge in [-0.15, -0.1) is 0 Å². The van der Waals surface area contributed by atoms with E-state index in [1.165, 1.54) is 11.8 Å². The van der Waals surface area contributed by atoms with Crippen LogP contribution in [0, 0.1) is 6.92 Å². The zero-order chi connectivity index (χ0) is 13.1. The number of hydrogen-bond donors (Lipinski definition) is 1. The fourth-order valence-corrected chi connectivity index (χ4v) is 2.94. The van der Waals surface area contributed by atoms with Crippen molar-refractivity contribution in [3.05, 3.63) is 11.8 Å². The average molecular weight is 266 g/mol. The van der Waals surface area contributed by atoms with Crippen LogP contribution in [0.5, 0.6) is 0 Å². The van der Waals surface area contributed by atoms with E-state index in [4.69, 9.17) is 5.73 Å². The largest absolute Gasteiger partial charge is 0.384 e. The lowest BCUT2D eigenvalue weighted by Crippen LogP contribution is -2.34. The van der Waals surface area contributed by atoms with Crippen LogP contribution in [0.25, 0.3) is 0 Å². The number of anilines is 1. The van der Waals surface area contributed by atoms with Crippen molar-refractivity contribution in [3.8, 4) is 0 Å². The quantitative estimate of drug-likeness (QED) is 0.662. The smallest absolute Gasteiger partial charge is 0.235 e. The first-order chi connectivity index (χ1) is 8.56. The third-order valence-corrected chi connectivity index (χ3v) is 3.85. The van der Waals surface area contributed by atoms with Gasteiger partial charge >= 0.3 is 0 Å². The summed E-state index contributed by atoms with van der Waals surface area (Å²) in [5.74, 6) is 0.618. The zero-order valence-corrected chi connectivity index (χ0v) is 11.5. The molecule has 0 spiro atoms. The molecule has 1 saturated heterocycles. The summed E-state index contributed by atoms with van der Waals surface area (Å²) in [7, 11) is 0. The number of nitrogen functional groups attached to an aromatic ring is 1. The maximum absolute atomic E-state index is 12.1. The van der Waals surface area contributed by atoms with Gasteiger partial charge in [0.25, 0.3) is 0 Å². The summed E-state index contributed by atoms with van der Waals surface area (Å²) in [4.78, 5) is 22.5. The molecule has 0 aromatic carbocycles. The Bertz CT molecular complexity index is 425. The Morgan fingerprint density at radius 3 is 2.72 bits per heavy atom. The highest BCUT2D eigenvalue weighted by molar-refractivity contribution is 8.00. The predicted molar refractivity (Wildman–Crippen MR) is 72.3 cm³/mol. The Morgan fingerprint density at radius 2 is 2.11 bits per heavy atom. The number of carbonyl (C=O) groups excluding carboxylic acids is 1. The van der Waals surface area contributed by atoms with Gasteiger partial charge in [0.15, 0.2) is 5.16 Å². The highest BCUT2D eigenvalue weighted by atomic mass is 32.2. The van der Waals surface area contributed by atoms with E-state index in [1.807, 2.05) is 18.7 Å². The topological polar surface area (TPSA) is 72.1 Å². The van der Waals surface area contributed by atoms with Gasteiger partial charge in [-0.2, -0.15) is 0 Å². The molecule has 0 saturated carbocycles. The minimum absolute atomic E-state index is 0.163. The van der Waals surface area contributed by atoms with Gasteiger partial charge in [-0.05, 0) is 26.7 Å². The molecule has 6 heteroatoms. The molecule has 1 atom stereocenters. The van der Waals surface area contributed by atoms with E-state index in [2.05, 4.69) is 9.97 Å². The molecule has 0 bridgehead atoms. The third kappa shape index (κ3) is 3.13. The van der Waals surface area contributed by atoms with E-state index >= 15 is 0 Å². The molecule has 2 rings (SSSR count). The summed E-state index contributed by atoms with van der Waals surface area (Å²) in [6.07, 6.45) is 2.22. The number of aryl methyl sites for hydroxylation is 1. The maximum Gasteiger partial charge on any atom is 0.235 e. The number of thioether (sulfide) groups is 1. The van der Waals surface area contributed by atoms with Crippen molar-refractivity contribution in [2.24, 2.45) is 0 Å². The molecule has 1 unspecified atom stereocenters. The third-order valence-electron chi connectivity index (χ3n) is 2.90. The first-order valence-electron chi connectivity index (χ1n) is 6.13. The average Bonchev–Trinajstić information content (AvgIpc) is 2.79. The standard InChI is InChI=1S/C12H18N4OS/c1-8-7-10(13)15-12(14-8)18-9(2)11(17)16-5-3-4-6-16/h7,9H,3-6H2,1-2H3,(H2,13,14,15). The predicted octanol–water partition coefficient (Wildman–Crippen LogP) is 1.47. The highest BCUT2D eigenvalue weighted by Gasteiger charge is 2.24. The van der Waals surface area contributed by atoms with E-state index < -0.39 is 0 Å². The molecule has 1 aliphatic heterocycles. The molecule has 98 valence electrons. The monoisotopic (exact) mass is 266 g/mol. The van der Waals surface area contributed by atoms with Gasteiger partial charge in [0.2, 0.25) is 5.91 Å². The number of amides is 1. The van der Waals surface area contributed by atoms with Crippen LogP contribution in [0.15, 0.2) is 11.2 Å². The van der Waals surface area contributed by atoms with E-state index in [-0.39, 0.29) is 11.2 Å². The first kappa shape index (κ1) is 13.1. The van der Waals surface area contributed by atoms with Crippen molar-refractivity contribution in [2.45, 2.75) is 37.1 Å². The number of nitrogens with two attached hydrogens (primary N) is 1. The summed E-state index contributed by atoms with van der Waals surface area (Å²) < 4.78 is 0. The van der Waals surface area contributed by atoms with Crippen LogP contribution in [-0.4, -0.2) is 39.1 Å². The SMILES string of the molecule is Cc1cc(N)nc(SC(C)C(=O)N2CCCC2)n1. The lowest BCUT2D eigenvalue weighted by molar-refractivity contribution is -0.129. The fourth-order valence-electron chi connectivity index (χ4n) is 2.02. The Morgan fingerprint density at radius 1 is 1.44 bits per heavy atom. The van der Waals surface area contributed by atoms with E-state index in [9.17, 15) is 4.79 Å². The summed E-state index contributed by atoms with van der Waals surface area (Å²) in [6.45, 7) is 5.52. The summed E-state index contributed by atoms with van der Waals surface area (Å²) in [5.41, 5.74) is 6.50. The molecule has 1 fully saturated rings. The summed E-state index contributed by atoms with van der Waals surface area (Å²) in [5, 5.41) is 0.414. The van der Waals surface area contributed by atoms with Crippen molar-refractivity contribution >= 4 is 23.5 Å². The van der Waals surface area contributed by atoms with Gasteiger partial charge in [-0.25, -0.2) is 9.97 Å². The van der Waals surface area contributed by atoms with E-state index in [0.717, 1.165) is 31.6 Å².